The van der Waals surface area contributed by atoms with Gasteiger partial charge in [-0.1, -0.05) is 24.6 Å². The fourth-order valence-electron chi connectivity index (χ4n) is 2.45. The average molecular weight is 345 g/mol. The average Bonchev–Trinajstić information content (AvgIpc) is 2.48. The molecule has 126 valence electrons. The monoisotopic (exact) mass is 344 g/mol. The summed E-state index contributed by atoms with van der Waals surface area (Å²) < 4.78 is 0. The van der Waals surface area contributed by atoms with E-state index < -0.39 is 0 Å². The molecule has 2 N–H and O–H groups in total. The van der Waals surface area contributed by atoms with Crippen molar-refractivity contribution in [3.63, 3.8) is 0 Å². The molecule has 2 aromatic rings. The van der Waals surface area contributed by atoms with Gasteiger partial charge in [0.25, 0.3) is 5.91 Å². The molecule has 24 heavy (non-hydrogen) atoms. The molecule has 0 heterocycles. The molecule has 2 amide bonds. The number of amides is 2. The first-order valence-electron chi connectivity index (χ1n) is 7.88. The molecule has 0 aliphatic heterocycles. The van der Waals surface area contributed by atoms with Gasteiger partial charge in [0.2, 0.25) is 5.91 Å². The quantitative estimate of drug-likeness (QED) is 0.806. The van der Waals surface area contributed by atoms with Crippen LogP contribution in [0.3, 0.4) is 0 Å². The lowest BCUT2D eigenvalue weighted by atomic mass is 10.1. The molecule has 0 unspecified atom stereocenters. The molecule has 0 spiro atoms. The number of hydrogen-bond acceptors (Lipinski definition) is 2. The molecule has 0 aromatic heterocycles. The maximum Gasteiger partial charge on any atom is 0.255 e. The summed E-state index contributed by atoms with van der Waals surface area (Å²) in [6.45, 7) is 5.88. The maximum absolute atomic E-state index is 12.4. The number of rotatable bonds is 5. The van der Waals surface area contributed by atoms with E-state index in [0.717, 1.165) is 23.2 Å². The Balaban J connectivity index is 2.18. The predicted octanol–water partition coefficient (Wildman–Crippen LogP) is 4.95. The van der Waals surface area contributed by atoms with Crippen molar-refractivity contribution in [2.75, 3.05) is 10.6 Å². The Labute approximate surface area is 147 Å². The first kappa shape index (κ1) is 18.0. The number of carbonyl (C=O) groups is 2. The van der Waals surface area contributed by atoms with Gasteiger partial charge in [0.1, 0.15) is 0 Å². The number of anilines is 2. The number of nitrogens with one attached hydrogen (secondary N) is 2. The minimum absolute atomic E-state index is 0.119. The number of benzene rings is 2. The van der Waals surface area contributed by atoms with Gasteiger partial charge in [0.05, 0.1) is 10.7 Å². The Kier molecular flexibility index (Phi) is 5.99. The second-order valence-corrected chi connectivity index (χ2v) is 6.23. The van der Waals surface area contributed by atoms with Crippen molar-refractivity contribution in [2.24, 2.45) is 0 Å². The Morgan fingerprint density at radius 3 is 2.29 bits per heavy atom. The molecule has 0 aliphatic carbocycles. The SMILES string of the molecule is CCCC(=O)Nc1cc(C(=O)Nc2cc(C)cc(C)c2)ccc1Cl. The van der Waals surface area contributed by atoms with Crippen LogP contribution in [0.1, 0.15) is 41.3 Å². The first-order chi connectivity index (χ1) is 11.4. The van der Waals surface area contributed by atoms with Gasteiger partial charge < -0.3 is 10.6 Å². The normalized spacial score (nSPS) is 10.3. The van der Waals surface area contributed by atoms with Crippen LogP contribution in [0.5, 0.6) is 0 Å². The summed E-state index contributed by atoms with van der Waals surface area (Å²) in [7, 11) is 0. The molecule has 4 nitrogen and oxygen atoms in total. The van der Waals surface area contributed by atoms with Crippen LogP contribution in [-0.4, -0.2) is 11.8 Å². The van der Waals surface area contributed by atoms with E-state index in [-0.39, 0.29) is 11.8 Å². The fraction of sp³-hybridized carbons (Fsp3) is 0.263. The van der Waals surface area contributed by atoms with E-state index in [9.17, 15) is 9.59 Å². The predicted molar refractivity (Wildman–Crippen MR) is 98.9 cm³/mol. The lowest BCUT2D eigenvalue weighted by molar-refractivity contribution is -0.116. The smallest absolute Gasteiger partial charge is 0.255 e. The van der Waals surface area contributed by atoms with Gasteiger partial charge in [-0.25, -0.2) is 0 Å². The van der Waals surface area contributed by atoms with Crippen molar-refractivity contribution in [1.29, 1.82) is 0 Å². The Morgan fingerprint density at radius 2 is 1.67 bits per heavy atom. The van der Waals surface area contributed by atoms with E-state index in [1.165, 1.54) is 0 Å². The van der Waals surface area contributed by atoms with Gasteiger partial charge in [-0.2, -0.15) is 0 Å². The Hall–Kier alpha value is -2.33. The van der Waals surface area contributed by atoms with E-state index in [1.54, 1.807) is 18.2 Å². The molecule has 0 bridgehead atoms. The topological polar surface area (TPSA) is 58.2 Å². The van der Waals surface area contributed by atoms with Crippen molar-refractivity contribution in [2.45, 2.75) is 33.6 Å². The van der Waals surface area contributed by atoms with Crippen LogP contribution < -0.4 is 10.6 Å². The Bertz CT molecular complexity index is 752. The summed E-state index contributed by atoms with van der Waals surface area (Å²) in [6, 6.07) is 10.7. The zero-order valence-corrected chi connectivity index (χ0v) is 14.8. The zero-order chi connectivity index (χ0) is 17.7. The summed E-state index contributed by atoms with van der Waals surface area (Å²) >= 11 is 6.10. The van der Waals surface area contributed by atoms with Crippen molar-refractivity contribution in [1.82, 2.24) is 0 Å². The number of aryl methyl sites for hydroxylation is 2. The molecular formula is C19H21ClN2O2. The third kappa shape index (κ3) is 4.83. The van der Waals surface area contributed by atoms with E-state index in [1.807, 2.05) is 39.0 Å². The minimum atomic E-state index is -0.248. The standard InChI is InChI=1S/C19H21ClN2O2/c1-4-5-18(23)22-17-11-14(6-7-16(17)20)19(24)21-15-9-12(2)8-13(3)10-15/h6-11H,4-5H2,1-3H3,(H,21,24)(H,22,23). The highest BCUT2D eigenvalue weighted by molar-refractivity contribution is 6.34. The van der Waals surface area contributed by atoms with E-state index in [0.29, 0.717) is 22.7 Å². The number of carbonyl (C=O) groups excluding carboxylic acids is 2. The third-order valence-corrected chi connectivity index (χ3v) is 3.79. The maximum atomic E-state index is 12.4. The van der Waals surface area contributed by atoms with E-state index in [4.69, 9.17) is 11.6 Å². The molecule has 0 atom stereocenters. The number of halogens is 1. The highest BCUT2D eigenvalue weighted by Gasteiger charge is 2.11. The summed E-state index contributed by atoms with van der Waals surface area (Å²) in [5.74, 6) is -0.367. The highest BCUT2D eigenvalue weighted by Crippen LogP contribution is 2.24. The molecule has 0 radical (unpaired) electrons. The van der Waals surface area contributed by atoms with E-state index in [2.05, 4.69) is 10.6 Å². The summed E-state index contributed by atoms with van der Waals surface area (Å²) in [4.78, 5) is 24.2. The molecule has 2 rings (SSSR count). The summed E-state index contributed by atoms with van der Waals surface area (Å²) in [5, 5.41) is 6.01. The summed E-state index contributed by atoms with van der Waals surface area (Å²) in [6.07, 6.45) is 1.16. The van der Waals surface area contributed by atoms with Crippen LogP contribution in [0.25, 0.3) is 0 Å². The fourth-order valence-corrected chi connectivity index (χ4v) is 2.62. The summed E-state index contributed by atoms with van der Waals surface area (Å²) in [5.41, 5.74) is 3.78. The van der Waals surface area contributed by atoms with Gasteiger partial charge in [-0.05, 0) is 61.7 Å². The molecule has 0 fully saturated rings. The highest BCUT2D eigenvalue weighted by atomic mass is 35.5. The zero-order valence-electron chi connectivity index (χ0n) is 14.1. The van der Waals surface area contributed by atoms with Crippen LogP contribution in [-0.2, 0) is 4.79 Å². The molecule has 0 saturated heterocycles. The molecule has 0 aliphatic rings. The largest absolute Gasteiger partial charge is 0.325 e. The molecule has 0 saturated carbocycles. The van der Waals surface area contributed by atoms with Gasteiger partial charge in [-0.3, -0.25) is 9.59 Å². The van der Waals surface area contributed by atoms with Gasteiger partial charge in [0, 0.05) is 17.7 Å². The van der Waals surface area contributed by atoms with Crippen molar-refractivity contribution < 1.29 is 9.59 Å². The van der Waals surface area contributed by atoms with Crippen molar-refractivity contribution in [3.05, 3.63) is 58.1 Å². The Morgan fingerprint density at radius 1 is 1.00 bits per heavy atom. The molecular weight excluding hydrogens is 324 g/mol. The van der Waals surface area contributed by atoms with Crippen LogP contribution in [0.15, 0.2) is 36.4 Å². The molecule has 2 aromatic carbocycles. The van der Waals surface area contributed by atoms with Crippen LogP contribution in [0, 0.1) is 13.8 Å². The van der Waals surface area contributed by atoms with Gasteiger partial charge in [0.15, 0.2) is 0 Å². The lowest BCUT2D eigenvalue weighted by Gasteiger charge is -2.11. The van der Waals surface area contributed by atoms with Crippen LogP contribution in [0.4, 0.5) is 11.4 Å². The van der Waals surface area contributed by atoms with Crippen molar-refractivity contribution >= 4 is 34.8 Å². The second-order valence-electron chi connectivity index (χ2n) is 5.82. The van der Waals surface area contributed by atoms with Gasteiger partial charge >= 0.3 is 0 Å². The van der Waals surface area contributed by atoms with Crippen LogP contribution >= 0.6 is 11.6 Å². The molecule has 5 heteroatoms. The van der Waals surface area contributed by atoms with Crippen LogP contribution in [0.2, 0.25) is 5.02 Å². The van der Waals surface area contributed by atoms with Gasteiger partial charge in [-0.15, -0.1) is 0 Å². The number of hydrogen-bond donors (Lipinski definition) is 2. The lowest BCUT2D eigenvalue weighted by Crippen LogP contribution is -2.14. The minimum Gasteiger partial charge on any atom is -0.325 e. The third-order valence-electron chi connectivity index (χ3n) is 3.46. The second kappa shape index (κ2) is 7.97. The first-order valence-corrected chi connectivity index (χ1v) is 8.26. The van der Waals surface area contributed by atoms with Crippen molar-refractivity contribution in [3.8, 4) is 0 Å². The van der Waals surface area contributed by atoms with E-state index >= 15 is 0 Å².